The van der Waals surface area contributed by atoms with Crippen LogP contribution in [-0.4, -0.2) is 52.6 Å². The van der Waals surface area contributed by atoms with Crippen molar-refractivity contribution >= 4 is 34.1 Å². The number of anilines is 2. The predicted molar refractivity (Wildman–Crippen MR) is 165 cm³/mol. The van der Waals surface area contributed by atoms with E-state index in [0.717, 1.165) is 12.2 Å². The van der Waals surface area contributed by atoms with E-state index < -0.39 is 0 Å². The SMILES string of the molecule is COc1cc(NC(=O)NC(C)C)ccc1Oc1cnc(NC(=O)c2ccc(-n3ccc(CN4CCCCC4)c3)cc2)s1. The predicted octanol–water partition coefficient (Wildman–Crippen LogP) is 6.50. The highest BCUT2D eigenvalue weighted by Crippen LogP contribution is 2.37. The molecule has 2 aromatic carbocycles. The number of ether oxygens (including phenoxy) is 2. The Labute approximate surface area is 249 Å². The van der Waals surface area contributed by atoms with E-state index in [2.05, 4.69) is 48.9 Å². The maximum absolute atomic E-state index is 12.9. The molecule has 5 rings (SSSR count). The Bertz CT molecular complexity index is 1510. The zero-order valence-corrected chi connectivity index (χ0v) is 24.9. The lowest BCUT2D eigenvalue weighted by atomic mass is 10.1. The van der Waals surface area contributed by atoms with Crippen LogP contribution in [0.2, 0.25) is 0 Å². The van der Waals surface area contributed by atoms with Crippen molar-refractivity contribution in [2.45, 2.75) is 45.7 Å². The number of nitrogens with zero attached hydrogens (tertiary/aromatic N) is 3. The van der Waals surface area contributed by atoms with Gasteiger partial charge >= 0.3 is 6.03 Å². The van der Waals surface area contributed by atoms with Crippen molar-refractivity contribution in [3.05, 3.63) is 78.2 Å². The standard InChI is InChI=1S/C31H36N6O4S/c1-21(2)33-30(39)34-24-9-12-26(27(17-24)40-3)41-28-18-32-31(42-28)35-29(38)23-7-10-25(11-8-23)37-16-13-22(20-37)19-36-14-5-4-6-15-36/h7-13,16-18,20-21H,4-6,14-15,19H2,1-3H3,(H,32,35,38)(H2,33,34,39). The summed E-state index contributed by atoms with van der Waals surface area (Å²) in [7, 11) is 1.52. The first-order valence-corrected chi connectivity index (χ1v) is 14.9. The number of methoxy groups -OCH3 is 1. The third-order valence-electron chi connectivity index (χ3n) is 6.79. The average Bonchev–Trinajstić information content (AvgIpc) is 3.63. The van der Waals surface area contributed by atoms with Crippen LogP contribution in [0, 0.1) is 0 Å². The molecule has 220 valence electrons. The van der Waals surface area contributed by atoms with E-state index in [1.54, 1.807) is 24.4 Å². The van der Waals surface area contributed by atoms with Gasteiger partial charge in [0, 0.05) is 48.0 Å². The van der Waals surface area contributed by atoms with Gasteiger partial charge in [-0.25, -0.2) is 9.78 Å². The summed E-state index contributed by atoms with van der Waals surface area (Å²) >= 11 is 1.20. The van der Waals surface area contributed by atoms with Gasteiger partial charge in [0.15, 0.2) is 16.6 Å². The molecule has 1 aliphatic heterocycles. The number of benzene rings is 2. The quantitative estimate of drug-likeness (QED) is 0.195. The molecule has 1 fully saturated rings. The molecule has 0 spiro atoms. The van der Waals surface area contributed by atoms with Crippen LogP contribution in [0.1, 0.15) is 49.0 Å². The van der Waals surface area contributed by atoms with Crippen LogP contribution in [0.15, 0.2) is 67.1 Å². The van der Waals surface area contributed by atoms with Gasteiger partial charge in [0.05, 0.1) is 13.3 Å². The second-order valence-electron chi connectivity index (χ2n) is 10.5. The van der Waals surface area contributed by atoms with E-state index in [0.29, 0.717) is 32.9 Å². The molecule has 1 saturated heterocycles. The van der Waals surface area contributed by atoms with Gasteiger partial charge in [-0.2, -0.15) is 0 Å². The Hall–Kier alpha value is -4.35. The van der Waals surface area contributed by atoms with Gasteiger partial charge in [-0.15, -0.1) is 0 Å². The van der Waals surface area contributed by atoms with Crippen molar-refractivity contribution in [1.82, 2.24) is 19.8 Å². The second-order valence-corrected chi connectivity index (χ2v) is 11.5. The molecule has 4 aromatic rings. The number of carbonyl (C=O) groups excluding carboxylic acids is 2. The molecule has 2 aromatic heterocycles. The van der Waals surface area contributed by atoms with E-state index in [9.17, 15) is 9.59 Å². The molecule has 0 unspecified atom stereocenters. The van der Waals surface area contributed by atoms with Crippen molar-refractivity contribution in [1.29, 1.82) is 0 Å². The van der Waals surface area contributed by atoms with Crippen molar-refractivity contribution in [2.75, 3.05) is 30.8 Å². The first kappa shape index (κ1) is 29.2. The van der Waals surface area contributed by atoms with Gasteiger partial charge in [-0.3, -0.25) is 15.0 Å². The lowest BCUT2D eigenvalue weighted by molar-refractivity contribution is 0.102. The number of aromatic nitrogens is 2. The van der Waals surface area contributed by atoms with Crippen LogP contribution >= 0.6 is 11.3 Å². The lowest BCUT2D eigenvalue weighted by Crippen LogP contribution is -2.34. The molecule has 0 saturated carbocycles. The number of likely N-dealkylation sites (tertiary alicyclic amines) is 1. The average molecular weight is 589 g/mol. The smallest absolute Gasteiger partial charge is 0.319 e. The van der Waals surface area contributed by atoms with Crippen LogP contribution in [0.4, 0.5) is 15.6 Å². The zero-order chi connectivity index (χ0) is 29.5. The number of hydrogen-bond acceptors (Lipinski definition) is 7. The van der Waals surface area contributed by atoms with Crippen molar-refractivity contribution in [3.8, 4) is 22.2 Å². The summed E-state index contributed by atoms with van der Waals surface area (Å²) in [6, 6.07) is 14.4. The Morgan fingerprint density at radius 2 is 1.79 bits per heavy atom. The van der Waals surface area contributed by atoms with E-state index in [-0.39, 0.29) is 18.0 Å². The van der Waals surface area contributed by atoms with E-state index in [1.807, 2.05) is 38.1 Å². The summed E-state index contributed by atoms with van der Waals surface area (Å²) in [5.41, 5.74) is 3.38. The van der Waals surface area contributed by atoms with Crippen LogP contribution in [0.25, 0.3) is 5.69 Å². The molecule has 42 heavy (non-hydrogen) atoms. The molecule has 0 radical (unpaired) electrons. The zero-order valence-electron chi connectivity index (χ0n) is 24.1. The van der Waals surface area contributed by atoms with Gasteiger partial charge in [-0.1, -0.05) is 17.8 Å². The van der Waals surface area contributed by atoms with E-state index >= 15 is 0 Å². The lowest BCUT2D eigenvalue weighted by Gasteiger charge is -2.25. The highest BCUT2D eigenvalue weighted by molar-refractivity contribution is 7.17. The topological polar surface area (TPSA) is 110 Å². The van der Waals surface area contributed by atoms with E-state index in [1.165, 1.54) is 56.4 Å². The number of carbonyl (C=O) groups is 2. The minimum atomic E-state index is -0.305. The molecule has 10 nitrogen and oxygen atoms in total. The highest BCUT2D eigenvalue weighted by Gasteiger charge is 2.15. The van der Waals surface area contributed by atoms with Crippen LogP contribution < -0.4 is 25.4 Å². The molecule has 3 amide bonds. The van der Waals surface area contributed by atoms with Crippen LogP contribution in [0.3, 0.4) is 0 Å². The summed E-state index contributed by atoms with van der Waals surface area (Å²) in [6.07, 6.45) is 9.65. The number of hydrogen-bond donors (Lipinski definition) is 3. The first-order valence-electron chi connectivity index (χ1n) is 14.1. The Morgan fingerprint density at radius 3 is 2.52 bits per heavy atom. The molecular weight excluding hydrogens is 552 g/mol. The fourth-order valence-corrected chi connectivity index (χ4v) is 5.43. The van der Waals surface area contributed by atoms with Gasteiger partial charge in [0.1, 0.15) is 0 Å². The van der Waals surface area contributed by atoms with Gasteiger partial charge in [0.2, 0.25) is 5.06 Å². The molecular formula is C31H36N6O4S. The molecule has 0 aliphatic carbocycles. The summed E-state index contributed by atoms with van der Waals surface area (Å²) in [5, 5.41) is 9.26. The Kier molecular flexibility index (Phi) is 9.40. The first-order chi connectivity index (χ1) is 20.4. The molecule has 3 N–H and O–H groups in total. The van der Waals surface area contributed by atoms with Crippen molar-refractivity contribution in [3.63, 3.8) is 0 Å². The Morgan fingerprint density at radius 1 is 1.00 bits per heavy atom. The third kappa shape index (κ3) is 7.68. The second kappa shape index (κ2) is 13.5. The summed E-state index contributed by atoms with van der Waals surface area (Å²) < 4.78 is 13.5. The monoisotopic (exact) mass is 588 g/mol. The van der Waals surface area contributed by atoms with Crippen LogP contribution in [-0.2, 0) is 6.54 Å². The van der Waals surface area contributed by atoms with Crippen molar-refractivity contribution < 1.29 is 19.1 Å². The molecule has 11 heteroatoms. The fraction of sp³-hybridized carbons (Fsp3) is 0.323. The number of rotatable bonds is 10. The highest BCUT2D eigenvalue weighted by atomic mass is 32.1. The van der Waals surface area contributed by atoms with Gasteiger partial charge in [0.25, 0.3) is 5.91 Å². The minimum absolute atomic E-state index is 0.0160. The number of amides is 3. The summed E-state index contributed by atoms with van der Waals surface area (Å²) in [4.78, 5) is 31.7. The Balaban J connectivity index is 1.16. The normalized spacial score (nSPS) is 13.5. The van der Waals surface area contributed by atoms with E-state index in [4.69, 9.17) is 9.47 Å². The third-order valence-corrected chi connectivity index (χ3v) is 7.58. The van der Waals surface area contributed by atoms with Gasteiger partial charge < -0.3 is 24.7 Å². The molecule has 1 aliphatic rings. The molecule has 0 atom stereocenters. The number of thiazole rings is 1. The number of urea groups is 1. The van der Waals surface area contributed by atoms with Crippen LogP contribution in [0.5, 0.6) is 16.6 Å². The number of piperidine rings is 1. The fourth-order valence-electron chi connectivity index (χ4n) is 4.76. The largest absolute Gasteiger partial charge is 0.493 e. The minimum Gasteiger partial charge on any atom is -0.493 e. The maximum Gasteiger partial charge on any atom is 0.319 e. The van der Waals surface area contributed by atoms with Gasteiger partial charge in [-0.05, 0) is 87.8 Å². The molecule has 0 bridgehead atoms. The molecule has 3 heterocycles. The van der Waals surface area contributed by atoms with Crippen molar-refractivity contribution in [2.24, 2.45) is 0 Å². The number of nitrogens with one attached hydrogen (secondary N) is 3. The summed E-state index contributed by atoms with van der Waals surface area (Å²) in [6.45, 7) is 7.07. The summed E-state index contributed by atoms with van der Waals surface area (Å²) in [5.74, 6) is 0.639. The maximum atomic E-state index is 12.9.